The number of aryl methyl sites for hydroxylation is 1. The van der Waals surface area contributed by atoms with E-state index in [4.69, 9.17) is 20.5 Å². The van der Waals surface area contributed by atoms with E-state index in [2.05, 4.69) is 5.43 Å². The monoisotopic (exact) mass is 274 g/mol. The third-order valence-electron chi connectivity index (χ3n) is 5.02. The van der Waals surface area contributed by atoms with Crippen LogP contribution in [0.1, 0.15) is 61.5 Å². The Balaban J connectivity index is 1.72. The molecule has 2 fully saturated rings. The van der Waals surface area contributed by atoms with E-state index in [1.165, 1.54) is 36.9 Å². The minimum Gasteiger partial charge on any atom is -0.374 e. The van der Waals surface area contributed by atoms with Crippen LogP contribution in [0.4, 0.5) is 5.82 Å². The molecule has 5 nitrogen and oxygen atoms in total. The van der Waals surface area contributed by atoms with Gasteiger partial charge in [0.25, 0.3) is 0 Å². The van der Waals surface area contributed by atoms with Gasteiger partial charge in [-0.15, -0.1) is 0 Å². The normalized spacial score (nSPS) is 31.9. The Kier molecular flexibility index (Phi) is 3.11. The Labute approximate surface area is 119 Å². The Morgan fingerprint density at radius 2 is 2.00 bits per heavy atom. The number of nitrogens with zero attached hydrogens (tertiary/aromatic N) is 2. The molecule has 1 aliphatic carbocycles. The van der Waals surface area contributed by atoms with Crippen molar-refractivity contribution >= 4 is 5.82 Å². The largest absolute Gasteiger partial charge is 0.374 e. The van der Waals surface area contributed by atoms with Crippen LogP contribution in [0.15, 0.2) is 0 Å². The highest BCUT2D eigenvalue weighted by molar-refractivity contribution is 5.47. The number of nitrogens with one attached hydrogen (secondary N) is 1. The van der Waals surface area contributed by atoms with Crippen LogP contribution < -0.4 is 11.3 Å². The molecule has 5 heteroatoms. The maximum atomic E-state index is 5.95. The van der Waals surface area contributed by atoms with Crippen LogP contribution in [-0.4, -0.2) is 22.2 Å². The minimum atomic E-state index is 0.328. The zero-order chi connectivity index (χ0) is 13.5. The fraction of sp³-hybridized carbons (Fsp3) is 0.733. The number of anilines is 1. The first-order valence-electron chi connectivity index (χ1n) is 7.87. The lowest BCUT2D eigenvalue weighted by molar-refractivity contribution is 0.0998. The molecular weight excluding hydrogens is 252 g/mol. The highest BCUT2D eigenvalue weighted by Crippen LogP contribution is 2.44. The standard InChI is InChI=1S/C15H22N4O/c16-19-15-10-4-2-1-3-5-12(10)17-14(18-15)11-8-9-6-7-13(11)20-9/h9,11,13H,1-8,16H2,(H,17,18,19). The van der Waals surface area contributed by atoms with E-state index in [0.717, 1.165) is 37.3 Å². The van der Waals surface area contributed by atoms with Crippen LogP contribution in [0.5, 0.6) is 0 Å². The Bertz CT molecular complexity index is 519. The van der Waals surface area contributed by atoms with E-state index in [9.17, 15) is 0 Å². The van der Waals surface area contributed by atoms with Crippen molar-refractivity contribution in [2.24, 2.45) is 5.84 Å². The summed E-state index contributed by atoms with van der Waals surface area (Å²) in [7, 11) is 0. The zero-order valence-corrected chi connectivity index (χ0v) is 11.8. The SMILES string of the molecule is NNc1nc(C2CC3CCC2O3)nc2c1CCCCC2. The predicted octanol–water partition coefficient (Wildman–Crippen LogP) is 2.07. The van der Waals surface area contributed by atoms with Crippen molar-refractivity contribution < 1.29 is 4.74 Å². The highest BCUT2D eigenvalue weighted by atomic mass is 16.5. The van der Waals surface area contributed by atoms with E-state index >= 15 is 0 Å². The van der Waals surface area contributed by atoms with E-state index in [0.29, 0.717) is 18.1 Å². The van der Waals surface area contributed by atoms with Gasteiger partial charge >= 0.3 is 0 Å². The van der Waals surface area contributed by atoms with Crippen molar-refractivity contribution in [3.05, 3.63) is 17.1 Å². The molecule has 4 rings (SSSR count). The molecule has 0 aromatic carbocycles. The average Bonchev–Trinajstić information content (AvgIpc) is 3.02. The molecule has 3 aliphatic rings. The third-order valence-corrected chi connectivity index (χ3v) is 5.02. The topological polar surface area (TPSA) is 73.1 Å². The van der Waals surface area contributed by atoms with Crippen molar-refractivity contribution in [2.45, 2.75) is 69.5 Å². The first kappa shape index (κ1) is 12.5. The molecule has 2 aliphatic heterocycles. The Morgan fingerprint density at radius 1 is 1.10 bits per heavy atom. The summed E-state index contributed by atoms with van der Waals surface area (Å²) in [6.07, 6.45) is 10.00. The summed E-state index contributed by atoms with van der Waals surface area (Å²) >= 11 is 0. The number of hydrogen-bond acceptors (Lipinski definition) is 5. The van der Waals surface area contributed by atoms with Crippen LogP contribution in [0.2, 0.25) is 0 Å². The number of aromatic nitrogens is 2. The molecule has 0 radical (unpaired) electrons. The first-order valence-corrected chi connectivity index (χ1v) is 7.87. The molecule has 1 aromatic heterocycles. The average molecular weight is 274 g/mol. The van der Waals surface area contributed by atoms with Crippen LogP contribution in [0, 0.1) is 0 Å². The summed E-state index contributed by atoms with van der Waals surface area (Å²) < 4.78 is 5.95. The van der Waals surface area contributed by atoms with Crippen molar-refractivity contribution in [3.8, 4) is 0 Å². The van der Waals surface area contributed by atoms with Crippen LogP contribution >= 0.6 is 0 Å². The highest BCUT2D eigenvalue weighted by Gasteiger charge is 2.43. The predicted molar refractivity (Wildman–Crippen MR) is 76.4 cm³/mol. The molecule has 108 valence electrons. The summed E-state index contributed by atoms with van der Waals surface area (Å²) in [6.45, 7) is 0. The Hall–Kier alpha value is -1.20. The summed E-state index contributed by atoms with van der Waals surface area (Å²) in [5.41, 5.74) is 5.24. The summed E-state index contributed by atoms with van der Waals surface area (Å²) in [5, 5.41) is 0. The number of fused-ring (bicyclic) bond motifs is 3. The molecule has 3 atom stereocenters. The number of nitrogens with two attached hydrogens (primary N) is 1. The van der Waals surface area contributed by atoms with Gasteiger partial charge in [-0.2, -0.15) is 0 Å². The number of hydrazine groups is 1. The van der Waals surface area contributed by atoms with E-state index in [1.54, 1.807) is 0 Å². The summed E-state index contributed by atoms with van der Waals surface area (Å²) in [5.74, 6) is 7.86. The van der Waals surface area contributed by atoms with Gasteiger partial charge in [-0.05, 0) is 44.9 Å². The van der Waals surface area contributed by atoms with Gasteiger partial charge in [0, 0.05) is 17.2 Å². The van der Waals surface area contributed by atoms with Crippen molar-refractivity contribution in [3.63, 3.8) is 0 Å². The van der Waals surface area contributed by atoms with Gasteiger partial charge in [0.05, 0.1) is 12.2 Å². The molecule has 0 amide bonds. The fourth-order valence-corrected chi connectivity index (χ4v) is 3.98. The maximum Gasteiger partial charge on any atom is 0.147 e. The quantitative estimate of drug-likeness (QED) is 0.490. The number of nitrogen functional groups attached to an aromatic ring is 1. The Morgan fingerprint density at radius 3 is 2.75 bits per heavy atom. The van der Waals surface area contributed by atoms with E-state index in [-0.39, 0.29) is 0 Å². The molecule has 2 bridgehead atoms. The van der Waals surface area contributed by atoms with Crippen LogP contribution in [0.25, 0.3) is 0 Å². The molecule has 3 N–H and O–H groups in total. The van der Waals surface area contributed by atoms with Crippen LogP contribution in [-0.2, 0) is 17.6 Å². The maximum absolute atomic E-state index is 5.95. The lowest BCUT2D eigenvalue weighted by Gasteiger charge is -2.20. The molecule has 1 aromatic rings. The van der Waals surface area contributed by atoms with E-state index in [1.807, 2.05) is 0 Å². The molecule has 20 heavy (non-hydrogen) atoms. The molecule has 0 saturated carbocycles. The van der Waals surface area contributed by atoms with Gasteiger partial charge in [0.15, 0.2) is 0 Å². The van der Waals surface area contributed by atoms with Crippen molar-refractivity contribution in [1.29, 1.82) is 0 Å². The van der Waals surface area contributed by atoms with Gasteiger partial charge in [0.1, 0.15) is 11.6 Å². The van der Waals surface area contributed by atoms with E-state index < -0.39 is 0 Å². The molecule has 2 saturated heterocycles. The number of rotatable bonds is 2. The lowest BCUT2D eigenvalue weighted by atomic mass is 9.88. The smallest absolute Gasteiger partial charge is 0.147 e. The summed E-state index contributed by atoms with van der Waals surface area (Å²) in [6, 6.07) is 0. The lowest BCUT2D eigenvalue weighted by Crippen LogP contribution is -2.21. The second-order valence-corrected chi connectivity index (χ2v) is 6.28. The fourth-order valence-electron chi connectivity index (χ4n) is 3.98. The second kappa shape index (κ2) is 4.97. The first-order chi connectivity index (χ1) is 9.85. The van der Waals surface area contributed by atoms with Gasteiger partial charge in [-0.3, -0.25) is 0 Å². The van der Waals surface area contributed by atoms with Crippen LogP contribution in [0.3, 0.4) is 0 Å². The summed E-state index contributed by atoms with van der Waals surface area (Å²) in [4.78, 5) is 9.62. The van der Waals surface area contributed by atoms with Gasteiger partial charge in [-0.1, -0.05) is 6.42 Å². The number of ether oxygens (including phenoxy) is 1. The molecule has 3 unspecified atom stereocenters. The van der Waals surface area contributed by atoms with Gasteiger partial charge < -0.3 is 10.2 Å². The second-order valence-electron chi connectivity index (χ2n) is 6.28. The molecule has 0 spiro atoms. The molecule has 3 heterocycles. The third kappa shape index (κ3) is 2.00. The van der Waals surface area contributed by atoms with Crippen molar-refractivity contribution in [2.75, 3.05) is 5.43 Å². The zero-order valence-electron chi connectivity index (χ0n) is 11.8. The number of hydrogen-bond donors (Lipinski definition) is 2. The van der Waals surface area contributed by atoms with Gasteiger partial charge in [0.2, 0.25) is 0 Å². The van der Waals surface area contributed by atoms with Gasteiger partial charge in [-0.25, -0.2) is 15.8 Å². The van der Waals surface area contributed by atoms with Crippen molar-refractivity contribution in [1.82, 2.24) is 9.97 Å². The minimum absolute atomic E-state index is 0.328. The molecular formula is C15H22N4O.